The molecule has 3 fully saturated rings. The average Bonchev–Trinajstić information content (AvgIpc) is 2.73. The Morgan fingerprint density at radius 1 is 0.852 bits per heavy atom. The molecule has 5 nitrogen and oxygen atoms in total. The monoisotopic (exact) mass is 390 g/mol. The lowest BCUT2D eigenvalue weighted by molar-refractivity contribution is 0.0387. The van der Waals surface area contributed by atoms with E-state index >= 15 is 0 Å². The normalized spacial score (nSPS) is 27.2. The van der Waals surface area contributed by atoms with Crippen molar-refractivity contribution in [2.45, 2.75) is 68.7 Å². The van der Waals surface area contributed by atoms with Crippen molar-refractivity contribution < 1.29 is 13.2 Å². The molecule has 6 heteroatoms. The number of hydrogen-bond acceptors (Lipinski definition) is 3. The van der Waals surface area contributed by atoms with Crippen molar-refractivity contribution in [3.8, 4) is 0 Å². The van der Waals surface area contributed by atoms with Crippen molar-refractivity contribution in [1.29, 1.82) is 0 Å². The van der Waals surface area contributed by atoms with Crippen LogP contribution in [0.15, 0.2) is 29.2 Å². The van der Waals surface area contributed by atoms with Gasteiger partial charge in [-0.15, -0.1) is 0 Å². The number of hydrogen-bond donors (Lipinski definition) is 0. The Morgan fingerprint density at radius 2 is 1.56 bits per heavy atom. The standard InChI is InChI=1S/C21H30N2O3S/c24-21(23-16-8-10-17-9-2-4-12-19(17)23)18-11-3-5-13-20(18)27(25,26)22-14-6-1-7-15-22/h3,5,11,13,17,19H,1-2,4,6-10,12,14-16H2. The van der Waals surface area contributed by atoms with Gasteiger partial charge >= 0.3 is 0 Å². The molecule has 1 amide bonds. The summed E-state index contributed by atoms with van der Waals surface area (Å²) in [5.74, 6) is 0.491. The molecule has 0 N–H and O–H groups in total. The van der Waals surface area contributed by atoms with Crippen LogP contribution in [0.25, 0.3) is 0 Å². The summed E-state index contributed by atoms with van der Waals surface area (Å²) in [7, 11) is -3.62. The van der Waals surface area contributed by atoms with E-state index in [1.165, 1.54) is 25.7 Å². The molecule has 1 aliphatic carbocycles. The van der Waals surface area contributed by atoms with Gasteiger partial charge in [0.15, 0.2) is 0 Å². The van der Waals surface area contributed by atoms with Crippen LogP contribution in [0, 0.1) is 5.92 Å². The lowest BCUT2D eigenvalue weighted by atomic mass is 9.78. The number of likely N-dealkylation sites (tertiary alicyclic amines) is 1. The topological polar surface area (TPSA) is 57.7 Å². The van der Waals surface area contributed by atoms with E-state index < -0.39 is 10.0 Å². The van der Waals surface area contributed by atoms with Gasteiger partial charge < -0.3 is 4.90 Å². The van der Waals surface area contributed by atoms with Crippen molar-refractivity contribution in [2.75, 3.05) is 19.6 Å². The maximum Gasteiger partial charge on any atom is 0.255 e. The molecule has 0 radical (unpaired) electrons. The van der Waals surface area contributed by atoms with Crippen LogP contribution in [0.2, 0.25) is 0 Å². The highest BCUT2D eigenvalue weighted by atomic mass is 32.2. The van der Waals surface area contributed by atoms with Gasteiger partial charge in [0.05, 0.1) is 10.5 Å². The molecule has 1 aromatic rings. The van der Waals surface area contributed by atoms with Gasteiger partial charge in [-0.25, -0.2) is 8.42 Å². The zero-order valence-corrected chi connectivity index (χ0v) is 16.8. The van der Waals surface area contributed by atoms with Crippen LogP contribution in [0.3, 0.4) is 0 Å². The maximum atomic E-state index is 13.4. The molecule has 4 rings (SSSR count). The molecular weight excluding hydrogens is 360 g/mol. The van der Waals surface area contributed by atoms with Crippen molar-refractivity contribution in [1.82, 2.24) is 9.21 Å². The second-order valence-corrected chi connectivity index (χ2v) is 10.1. The van der Waals surface area contributed by atoms with Crippen LogP contribution in [0.1, 0.15) is 68.1 Å². The summed E-state index contributed by atoms with van der Waals surface area (Å²) in [6.07, 6.45) is 9.75. The first kappa shape index (κ1) is 18.9. The summed E-state index contributed by atoms with van der Waals surface area (Å²) in [5.41, 5.74) is 0.356. The summed E-state index contributed by atoms with van der Waals surface area (Å²) >= 11 is 0. The zero-order valence-electron chi connectivity index (χ0n) is 16.0. The van der Waals surface area contributed by atoms with E-state index in [0.717, 1.165) is 38.6 Å². The third-order valence-electron chi connectivity index (χ3n) is 6.55. The minimum Gasteiger partial charge on any atom is -0.335 e. The van der Waals surface area contributed by atoms with E-state index in [1.54, 1.807) is 28.6 Å². The van der Waals surface area contributed by atoms with Crippen molar-refractivity contribution in [2.24, 2.45) is 5.92 Å². The number of amides is 1. The Kier molecular flexibility index (Phi) is 5.55. The molecule has 2 heterocycles. The number of rotatable bonds is 3. The third kappa shape index (κ3) is 3.66. The van der Waals surface area contributed by atoms with E-state index in [2.05, 4.69) is 0 Å². The minimum absolute atomic E-state index is 0.0946. The molecule has 2 unspecified atom stereocenters. The summed E-state index contributed by atoms with van der Waals surface area (Å²) in [6.45, 7) is 1.86. The number of carbonyl (C=O) groups excluding carboxylic acids is 1. The maximum absolute atomic E-state index is 13.4. The molecule has 27 heavy (non-hydrogen) atoms. The Hall–Kier alpha value is -1.40. The summed E-state index contributed by atoms with van der Waals surface area (Å²) in [5, 5.41) is 0. The summed E-state index contributed by atoms with van der Waals surface area (Å²) in [6, 6.07) is 7.11. The van der Waals surface area contributed by atoms with E-state index in [9.17, 15) is 13.2 Å². The zero-order chi connectivity index (χ0) is 18.9. The van der Waals surface area contributed by atoms with Gasteiger partial charge in [0.25, 0.3) is 5.91 Å². The van der Waals surface area contributed by atoms with Gasteiger partial charge in [-0.3, -0.25) is 4.79 Å². The fourth-order valence-electron chi connectivity index (χ4n) is 5.14. The summed E-state index contributed by atoms with van der Waals surface area (Å²) in [4.78, 5) is 15.6. The Labute approximate surface area is 162 Å². The fourth-order valence-corrected chi connectivity index (χ4v) is 6.85. The first-order valence-corrected chi connectivity index (χ1v) is 11.9. The van der Waals surface area contributed by atoms with Gasteiger partial charge in [-0.1, -0.05) is 31.4 Å². The van der Waals surface area contributed by atoms with Crippen molar-refractivity contribution in [3.63, 3.8) is 0 Å². The van der Waals surface area contributed by atoms with Crippen LogP contribution < -0.4 is 0 Å². The molecule has 2 atom stereocenters. The highest BCUT2D eigenvalue weighted by Crippen LogP contribution is 2.36. The molecular formula is C21H30N2O3S. The molecule has 0 bridgehead atoms. The van der Waals surface area contributed by atoms with E-state index in [4.69, 9.17) is 0 Å². The highest BCUT2D eigenvalue weighted by molar-refractivity contribution is 7.89. The quantitative estimate of drug-likeness (QED) is 0.791. The Morgan fingerprint density at radius 3 is 2.37 bits per heavy atom. The number of fused-ring (bicyclic) bond motifs is 1. The predicted molar refractivity (Wildman–Crippen MR) is 105 cm³/mol. The predicted octanol–water partition coefficient (Wildman–Crippen LogP) is 3.66. The van der Waals surface area contributed by atoms with Crippen LogP contribution in [0.5, 0.6) is 0 Å². The smallest absolute Gasteiger partial charge is 0.255 e. The SMILES string of the molecule is O=C(c1ccccc1S(=O)(=O)N1CCCCC1)N1CCCC2CCCCC21. The fraction of sp³-hybridized carbons (Fsp3) is 0.667. The van der Waals surface area contributed by atoms with Gasteiger partial charge in [-0.2, -0.15) is 4.31 Å². The van der Waals surface area contributed by atoms with Crippen molar-refractivity contribution >= 4 is 15.9 Å². The number of nitrogens with zero attached hydrogens (tertiary/aromatic N) is 2. The molecule has 148 valence electrons. The largest absolute Gasteiger partial charge is 0.335 e. The lowest BCUT2D eigenvalue weighted by Gasteiger charge is -2.44. The number of piperidine rings is 2. The van der Waals surface area contributed by atoms with E-state index in [-0.39, 0.29) is 16.8 Å². The first-order valence-electron chi connectivity index (χ1n) is 10.5. The van der Waals surface area contributed by atoms with Crippen molar-refractivity contribution in [3.05, 3.63) is 29.8 Å². The van der Waals surface area contributed by atoms with Crippen LogP contribution >= 0.6 is 0 Å². The highest BCUT2D eigenvalue weighted by Gasteiger charge is 2.38. The minimum atomic E-state index is -3.62. The molecule has 1 aromatic carbocycles. The molecule has 2 saturated heterocycles. The van der Waals surface area contributed by atoms with Gasteiger partial charge in [0.1, 0.15) is 0 Å². The molecule has 3 aliphatic rings. The second kappa shape index (κ2) is 7.92. The van der Waals surface area contributed by atoms with Gasteiger partial charge in [0, 0.05) is 25.7 Å². The molecule has 0 aromatic heterocycles. The third-order valence-corrected chi connectivity index (χ3v) is 8.51. The molecule has 2 aliphatic heterocycles. The number of carbonyl (C=O) groups is 1. The van der Waals surface area contributed by atoms with Gasteiger partial charge in [0.2, 0.25) is 10.0 Å². The number of benzene rings is 1. The second-order valence-electron chi connectivity index (χ2n) is 8.21. The van der Waals surface area contributed by atoms with E-state index in [0.29, 0.717) is 24.6 Å². The van der Waals surface area contributed by atoms with E-state index in [1.807, 2.05) is 4.90 Å². The molecule has 0 spiro atoms. The lowest BCUT2D eigenvalue weighted by Crippen LogP contribution is -2.50. The Bertz CT molecular complexity index is 784. The summed E-state index contributed by atoms with van der Waals surface area (Å²) < 4.78 is 28.0. The molecule has 1 saturated carbocycles. The van der Waals surface area contributed by atoms with Crippen LogP contribution in [-0.2, 0) is 10.0 Å². The first-order chi connectivity index (χ1) is 13.1. The number of sulfonamides is 1. The average molecular weight is 391 g/mol. The Balaban J connectivity index is 1.65. The van der Waals surface area contributed by atoms with Crippen LogP contribution in [0.4, 0.5) is 0 Å². The van der Waals surface area contributed by atoms with Crippen LogP contribution in [-0.4, -0.2) is 49.2 Å². The van der Waals surface area contributed by atoms with Gasteiger partial charge in [-0.05, 0) is 56.6 Å².